The highest BCUT2D eigenvalue weighted by atomic mass is 16.7. The summed E-state index contributed by atoms with van der Waals surface area (Å²) in [6.07, 6.45) is 0. The number of quaternary nitrogens is 1. The zero-order valence-corrected chi connectivity index (χ0v) is 14.0. The zero-order valence-electron chi connectivity index (χ0n) is 14.0. The number of anilines is 1. The minimum absolute atomic E-state index is 0.0320. The molecule has 2 aromatic rings. The first-order valence-electron chi connectivity index (χ1n) is 8.21. The molecule has 0 unspecified atom stereocenters. The Morgan fingerprint density at radius 3 is 2.62 bits per heavy atom. The molecule has 1 amide bonds. The van der Waals surface area contributed by atoms with E-state index in [-0.39, 0.29) is 18.7 Å². The summed E-state index contributed by atoms with van der Waals surface area (Å²) in [4.78, 5) is 12.3. The third-order valence-electron chi connectivity index (χ3n) is 4.12. The van der Waals surface area contributed by atoms with Gasteiger partial charge in [-0.05, 0) is 12.1 Å². The molecule has 0 saturated heterocycles. The Morgan fingerprint density at radius 1 is 1.12 bits per heavy atom. The minimum Gasteiger partial charge on any atom is -0.454 e. The Morgan fingerprint density at radius 2 is 1.88 bits per heavy atom. The smallest absolute Gasteiger partial charge is 0.279 e. The standard InChI is InChI=1S/C19H22N2O3/c1-13(2)19(14-6-4-3-5-7-14)20-11-18(22)21-15-8-9-16-17(10-15)24-12-23-16/h3-10,13,19-20H,11-12H2,1-2H3,(H,21,22)/p+1/t19-/m1/s1. The van der Waals surface area contributed by atoms with E-state index in [9.17, 15) is 4.79 Å². The van der Waals surface area contributed by atoms with E-state index in [4.69, 9.17) is 9.47 Å². The van der Waals surface area contributed by atoms with Gasteiger partial charge in [-0.3, -0.25) is 4.79 Å². The van der Waals surface area contributed by atoms with Gasteiger partial charge in [0.25, 0.3) is 5.91 Å². The molecule has 1 aliphatic heterocycles. The normalized spacial score (nSPS) is 13.8. The van der Waals surface area contributed by atoms with Gasteiger partial charge in [-0.15, -0.1) is 0 Å². The second-order valence-corrected chi connectivity index (χ2v) is 6.24. The van der Waals surface area contributed by atoms with E-state index < -0.39 is 0 Å². The van der Waals surface area contributed by atoms with E-state index in [1.54, 1.807) is 6.07 Å². The van der Waals surface area contributed by atoms with Gasteiger partial charge in [0.1, 0.15) is 6.04 Å². The number of carbonyl (C=O) groups is 1. The molecule has 5 nitrogen and oxygen atoms in total. The number of fused-ring (bicyclic) bond motifs is 1. The predicted octanol–water partition coefficient (Wildman–Crippen LogP) is 2.31. The van der Waals surface area contributed by atoms with E-state index >= 15 is 0 Å². The average molecular weight is 327 g/mol. The Balaban J connectivity index is 1.58. The lowest BCUT2D eigenvalue weighted by Crippen LogP contribution is -2.88. The van der Waals surface area contributed by atoms with Crippen molar-refractivity contribution in [1.29, 1.82) is 0 Å². The fraction of sp³-hybridized carbons (Fsp3) is 0.316. The first-order chi connectivity index (χ1) is 11.6. The molecular weight excluding hydrogens is 304 g/mol. The zero-order chi connectivity index (χ0) is 16.9. The topological polar surface area (TPSA) is 64.2 Å². The van der Waals surface area contributed by atoms with Crippen molar-refractivity contribution in [2.75, 3.05) is 18.7 Å². The minimum atomic E-state index is -0.0320. The third-order valence-corrected chi connectivity index (χ3v) is 4.12. The van der Waals surface area contributed by atoms with Crippen LogP contribution in [0, 0.1) is 5.92 Å². The number of benzene rings is 2. The summed E-state index contributed by atoms with van der Waals surface area (Å²) in [5, 5.41) is 5.00. The number of hydrogen-bond donors (Lipinski definition) is 2. The number of ether oxygens (including phenoxy) is 2. The van der Waals surface area contributed by atoms with Crippen molar-refractivity contribution >= 4 is 11.6 Å². The van der Waals surface area contributed by atoms with Crippen LogP contribution in [0.4, 0.5) is 5.69 Å². The van der Waals surface area contributed by atoms with Crippen LogP contribution in [0.1, 0.15) is 25.5 Å². The van der Waals surface area contributed by atoms with Crippen LogP contribution in [0.15, 0.2) is 48.5 Å². The monoisotopic (exact) mass is 327 g/mol. The van der Waals surface area contributed by atoms with Gasteiger partial charge in [0.15, 0.2) is 18.0 Å². The molecule has 0 bridgehead atoms. The Hall–Kier alpha value is -2.53. The second-order valence-electron chi connectivity index (χ2n) is 6.24. The van der Waals surface area contributed by atoms with Crippen LogP contribution in [0.3, 0.4) is 0 Å². The summed E-state index contributed by atoms with van der Waals surface area (Å²) < 4.78 is 10.6. The van der Waals surface area contributed by atoms with Crippen molar-refractivity contribution in [3.05, 3.63) is 54.1 Å². The number of carbonyl (C=O) groups excluding carboxylic acids is 1. The molecule has 5 heteroatoms. The summed E-state index contributed by atoms with van der Waals surface area (Å²) in [5.74, 6) is 1.78. The summed E-state index contributed by atoms with van der Waals surface area (Å²) >= 11 is 0. The van der Waals surface area contributed by atoms with Crippen LogP contribution >= 0.6 is 0 Å². The summed E-state index contributed by atoms with van der Waals surface area (Å²) in [6.45, 7) is 4.94. The van der Waals surface area contributed by atoms with Crippen molar-refractivity contribution in [3.63, 3.8) is 0 Å². The van der Waals surface area contributed by atoms with Crippen LogP contribution in [-0.2, 0) is 4.79 Å². The van der Waals surface area contributed by atoms with Crippen molar-refractivity contribution in [3.8, 4) is 11.5 Å². The predicted molar refractivity (Wildman–Crippen MR) is 92.0 cm³/mol. The molecule has 1 heterocycles. The van der Waals surface area contributed by atoms with Crippen LogP contribution in [0.5, 0.6) is 11.5 Å². The molecule has 0 spiro atoms. The van der Waals surface area contributed by atoms with Crippen molar-refractivity contribution < 1.29 is 19.6 Å². The largest absolute Gasteiger partial charge is 0.454 e. The average Bonchev–Trinajstić information content (AvgIpc) is 3.03. The summed E-state index contributed by atoms with van der Waals surface area (Å²) in [6, 6.07) is 16.0. The third kappa shape index (κ3) is 3.86. The van der Waals surface area contributed by atoms with E-state index in [1.165, 1.54) is 5.56 Å². The molecule has 24 heavy (non-hydrogen) atoms. The molecule has 0 aliphatic carbocycles. The first-order valence-corrected chi connectivity index (χ1v) is 8.21. The number of nitrogens with one attached hydrogen (secondary N) is 1. The van der Waals surface area contributed by atoms with Gasteiger partial charge in [-0.25, -0.2) is 0 Å². The van der Waals surface area contributed by atoms with Crippen molar-refractivity contribution in [2.24, 2.45) is 5.92 Å². The molecule has 3 N–H and O–H groups in total. The van der Waals surface area contributed by atoms with Gasteiger partial charge in [0.2, 0.25) is 6.79 Å². The molecule has 1 atom stereocenters. The molecule has 1 aliphatic rings. The van der Waals surface area contributed by atoms with E-state index in [2.05, 4.69) is 36.6 Å². The van der Waals surface area contributed by atoms with E-state index in [1.807, 2.05) is 30.3 Å². The van der Waals surface area contributed by atoms with Crippen LogP contribution in [0.25, 0.3) is 0 Å². The van der Waals surface area contributed by atoms with Gasteiger partial charge in [0, 0.05) is 23.2 Å². The van der Waals surface area contributed by atoms with Gasteiger partial charge in [-0.2, -0.15) is 0 Å². The van der Waals surface area contributed by atoms with Crippen molar-refractivity contribution in [1.82, 2.24) is 0 Å². The summed E-state index contributed by atoms with van der Waals surface area (Å²) in [7, 11) is 0. The number of nitrogens with two attached hydrogens (primary N) is 1. The molecule has 126 valence electrons. The molecule has 2 aromatic carbocycles. The highest BCUT2D eigenvalue weighted by Crippen LogP contribution is 2.34. The van der Waals surface area contributed by atoms with Gasteiger partial charge in [-0.1, -0.05) is 44.2 Å². The summed E-state index contributed by atoms with van der Waals surface area (Å²) in [5.41, 5.74) is 1.96. The lowest BCUT2D eigenvalue weighted by Gasteiger charge is -2.19. The molecular formula is C19H23N2O3+. The molecule has 0 saturated carbocycles. The SMILES string of the molecule is CC(C)[C@@H]([NH2+]CC(=O)Nc1ccc2c(c1)OCO2)c1ccccc1. The molecule has 0 fully saturated rings. The van der Waals surface area contributed by atoms with Gasteiger partial charge < -0.3 is 20.1 Å². The maximum Gasteiger partial charge on any atom is 0.279 e. The van der Waals surface area contributed by atoms with Gasteiger partial charge >= 0.3 is 0 Å². The Bertz CT molecular complexity index is 701. The van der Waals surface area contributed by atoms with E-state index in [0.717, 1.165) is 5.69 Å². The maximum absolute atomic E-state index is 12.3. The Kier molecular flexibility index (Phi) is 5.01. The van der Waals surface area contributed by atoms with Crippen LogP contribution in [-0.4, -0.2) is 19.2 Å². The molecule has 3 rings (SSSR count). The Labute approximate surface area is 142 Å². The quantitative estimate of drug-likeness (QED) is 0.856. The van der Waals surface area contributed by atoms with E-state index in [0.29, 0.717) is 24.0 Å². The van der Waals surface area contributed by atoms with Crippen molar-refractivity contribution in [2.45, 2.75) is 19.9 Å². The molecule has 0 aromatic heterocycles. The van der Waals surface area contributed by atoms with Crippen LogP contribution < -0.4 is 20.1 Å². The molecule has 0 radical (unpaired) electrons. The highest BCUT2D eigenvalue weighted by Gasteiger charge is 2.20. The number of hydrogen-bond acceptors (Lipinski definition) is 3. The number of rotatable bonds is 6. The lowest BCUT2D eigenvalue weighted by molar-refractivity contribution is -0.692. The lowest BCUT2D eigenvalue weighted by atomic mass is 9.96. The maximum atomic E-state index is 12.3. The highest BCUT2D eigenvalue weighted by molar-refractivity contribution is 5.91. The number of amides is 1. The second kappa shape index (κ2) is 7.36. The fourth-order valence-electron chi connectivity index (χ4n) is 2.89. The fourth-order valence-corrected chi connectivity index (χ4v) is 2.89. The van der Waals surface area contributed by atoms with Crippen LogP contribution in [0.2, 0.25) is 0 Å². The van der Waals surface area contributed by atoms with Gasteiger partial charge in [0.05, 0.1) is 0 Å². The first kappa shape index (κ1) is 16.3.